The van der Waals surface area contributed by atoms with Crippen molar-refractivity contribution in [3.05, 3.63) is 59.3 Å². The summed E-state index contributed by atoms with van der Waals surface area (Å²) in [4.78, 5) is 13.9. The molecule has 3 rings (SSSR count). The topological polar surface area (TPSA) is 32.3 Å². The number of ketones is 1. The molecule has 3 heteroatoms. The highest BCUT2D eigenvalue weighted by Crippen LogP contribution is 2.14. The van der Waals surface area contributed by atoms with Gasteiger partial charge in [0.25, 0.3) is 0 Å². The van der Waals surface area contributed by atoms with Gasteiger partial charge in [-0.05, 0) is 49.2 Å². The van der Waals surface area contributed by atoms with E-state index < -0.39 is 0 Å². The first-order valence-electron chi connectivity index (χ1n) is 8.24. The van der Waals surface area contributed by atoms with Crippen LogP contribution in [0.25, 0.3) is 0 Å². The maximum absolute atomic E-state index is 11.3. The molecule has 0 unspecified atom stereocenters. The summed E-state index contributed by atoms with van der Waals surface area (Å²) in [5, 5.41) is 3.35. The van der Waals surface area contributed by atoms with Gasteiger partial charge in [-0.15, -0.1) is 0 Å². The number of nitrogens with zero attached hydrogens (tertiary/aromatic N) is 1. The summed E-state index contributed by atoms with van der Waals surface area (Å²) < 4.78 is 0. The number of piperidine rings is 1. The molecule has 1 heterocycles. The quantitative estimate of drug-likeness (QED) is 0.906. The van der Waals surface area contributed by atoms with Crippen molar-refractivity contribution < 1.29 is 4.79 Å². The Bertz CT molecular complexity index is 566. The molecule has 3 nitrogen and oxygen atoms in total. The SMILES string of the molecule is O=C1C=CC=C(NCc2ccc(CN3CCCCC3)cc2)C1. The third-order valence-electron chi connectivity index (χ3n) is 4.34. The van der Waals surface area contributed by atoms with Gasteiger partial charge in [-0.25, -0.2) is 0 Å². The van der Waals surface area contributed by atoms with Crippen molar-refractivity contribution in [3.8, 4) is 0 Å². The van der Waals surface area contributed by atoms with Crippen molar-refractivity contribution in [2.75, 3.05) is 13.1 Å². The molecule has 0 atom stereocenters. The van der Waals surface area contributed by atoms with Crippen LogP contribution < -0.4 is 5.32 Å². The van der Waals surface area contributed by atoms with Crippen LogP contribution in [0.4, 0.5) is 0 Å². The Balaban J connectivity index is 1.49. The predicted octanol–water partition coefficient (Wildman–Crippen LogP) is 3.18. The Morgan fingerprint density at radius 2 is 1.73 bits per heavy atom. The first-order valence-corrected chi connectivity index (χ1v) is 8.24. The molecule has 2 aliphatic rings. The lowest BCUT2D eigenvalue weighted by atomic mass is 10.1. The molecule has 1 aromatic carbocycles. The molecule has 0 amide bonds. The van der Waals surface area contributed by atoms with Crippen LogP contribution >= 0.6 is 0 Å². The van der Waals surface area contributed by atoms with Gasteiger partial charge in [-0.3, -0.25) is 9.69 Å². The van der Waals surface area contributed by atoms with Crippen molar-refractivity contribution in [2.24, 2.45) is 0 Å². The smallest absolute Gasteiger partial charge is 0.161 e. The van der Waals surface area contributed by atoms with Crippen LogP contribution in [0.1, 0.15) is 36.8 Å². The Hall–Kier alpha value is -1.87. The average Bonchev–Trinajstić information content (AvgIpc) is 2.55. The molecule has 0 spiro atoms. The fourth-order valence-corrected chi connectivity index (χ4v) is 3.05. The molecule has 1 saturated heterocycles. The Labute approximate surface area is 132 Å². The number of likely N-dealkylation sites (tertiary alicyclic amines) is 1. The first kappa shape index (κ1) is 15.0. The van der Waals surface area contributed by atoms with E-state index in [1.54, 1.807) is 6.08 Å². The zero-order valence-corrected chi connectivity index (χ0v) is 13.1. The normalized spacial score (nSPS) is 19.1. The molecular weight excluding hydrogens is 272 g/mol. The van der Waals surface area contributed by atoms with Crippen LogP contribution in [0.15, 0.2) is 48.2 Å². The van der Waals surface area contributed by atoms with Gasteiger partial charge in [-0.2, -0.15) is 0 Å². The molecule has 1 aliphatic carbocycles. The van der Waals surface area contributed by atoms with Crippen LogP contribution in [0.3, 0.4) is 0 Å². The van der Waals surface area contributed by atoms with Crippen LogP contribution in [-0.4, -0.2) is 23.8 Å². The number of carbonyl (C=O) groups is 1. The molecule has 0 saturated carbocycles. The van der Waals surface area contributed by atoms with Gasteiger partial charge in [-0.1, -0.05) is 36.8 Å². The largest absolute Gasteiger partial charge is 0.384 e. The maximum Gasteiger partial charge on any atom is 0.161 e. The second kappa shape index (κ2) is 7.41. The predicted molar refractivity (Wildman–Crippen MR) is 89.3 cm³/mol. The van der Waals surface area contributed by atoms with Crippen molar-refractivity contribution >= 4 is 5.78 Å². The summed E-state index contributed by atoms with van der Waals surface area (Å²) in [5.41, 5.74) is 3.65. The third-order valence-corrected chi connectivity index (χ3v) is 4.34. The highest BCUT2D eigenvalue weighted by Gasteiger charge is 2.10. The molecule has 116 valence electrons. The lowest BCUT2D eigenvalue weighted by Crippen LogP contribution is -2.29. The molecule has 0 bridgehead atoms. The standard InChI is InChI=1S/C19H24N2O/c22-19-6-4-5-18(13-19)20-14-16-7-9-17(10-8-16)15-21-11-2-1-3-12-21/h4-10,20H,1-3,11-15H2. The second-order valence-corrected chi connectivity index (χ2v) is 6.20. The van der Waals surface area contributed by atoms with Crippen molar-refractivity contribution in [2.45, 2.75) is 38.8 Å². The number of rotatable bonds is 5. The maximum atomic E-state index is 11.3. The molecule has 1 fully saturated rings. The minimum absolute atomic E-state index is 0.168. The molecule has 1 N–H and O–H groups in total. The van der Waals surface area contributed by atoms with Gasteiger partial charge in [0.2, 0.25) is 0 Å². The number of benzene rings is 1. The highest BCUT2D eigenvalue weighted by molar-refractivity contribution is 5.92. The van der Waals surface area contributed by atoms with Gasteiger partial charge in [0, 0.05) is 18.8 Å². The number of nitrogens with one attached hydrogen (secondary N) is 1. The third kappa shape index (κ3) is 4.31. The molecule has 0 aromatic heterocycles. The number of hydrogen-bond acceptors (Lipinski definition) is 3. The van der Waals surface area contributed by atoms with E-state index in [1.807, 2.05) is 12.2 Å². The average molecular weight is 296 g/mol. The lowest BCUT2D eigenvalue weighted by molar-refractivity contribution is -0.114. The molecule has 22 heavy (non-hydrogen) atoms. The summed E-state index contributed by atoms with van der Waals surface area (Å²) in [7, 11) is 0. The number of carbonyl (C=O) groups excluding carboxylic acids is 1. The fraction of sp³-hybridized carbons (Fsp3) is 0.421. The van der Waals surface area contributed by atoms with E-state index in [1.165, 1.54) is 43.5 Å². The van der Waals surface area contributed by atoms with Crippen LogP contribution in [0, 0.1) is 0 Å². The first-order chi connectivity index (χ1) is 10.8. The van der Waals surface area contributed by atoms with Crippen LogP contribution in [-0.2, 0) is 17.9 Å². The van der Waals surface area contributed by atoms with Crippen LogP contribution in [0.5, 0.6) is 0 Å². The van der Waals surface area contributed by atoms with E-state index in [0.29, 0.717) is 6.42 Å². The van der Waals surface area contributed by atoms with Crippen LogP contribution in [0.2, 0.25) is 0 Å². The zero-order chi connectivity index (χ0) is 15.2. The van der Waals surface area contributed by atoms with E-state index in [-0.39, 0.29) is 5.78 Å². The Morgan fingerprint density at radius 3 is 2.45 bits per heavy atom. The second-order valence-electron chi connectivity index (χ2n) is 6.20. The lowest BCUT2D eigenvalue weighted by Gasteiger charge is -2.26. The van der Waals surface area contributed by atoms with Crippen molar-refractivity contribution in [1.29, 1.82) is 0 Å². The van der Waals surface area contributed by atoms with E-state index >= 15 is 0 Å². The van der Waals surface area contributed by atoms with Gasteiger partial charge in [0.15, 0.2) is 5.78 Å². The minimum Gasteiger partial charge on any atom is -0.384 e. The molecule has 1 aliphatic heterocycles. The van der Waals surface area contributed by atoms with E-state index in [2.05, 4.69) is 34.5 Å². The van der Waals surface area contributed by atoms with E-state index in [9.17, 15) is 4.79 Å². The summed E-state index contributed by atoms with van der Waals surface area (Å²) in [6, 6.07) is 8.83. The molecule has 1 aromatic rings. The monoisotopic (exact) mass is 296 g/mol. The number of allylic oxidation sites excluding steroid dienone is 4. The van der Waals surface area contributed by atoms with Gasteiger partial charge < -0.3 is 5.32 Å². The number of hydrogen-bond donors (Lipinski definition) is 1. The van der Waals surface area contributed by atoms with Gasteiger partial charge in [0.05, 0.1) is 6.42 Å². The summed E-state index contributed by atoms with van der Waals surface area (Å²) in [6.45, 7) is 4.31. The summed E-state index contributed by atoms with van der Waals surface area (Å²) >= 11 is 0. The van der Waals surface area contributed by atoms with Gasteiger partial charge in [0.1, 0.15) is 0 Å². The molecular formula is C19H24N2O. The zero-order valence-electron chi connectivity index (χ0n) is 13.1. The minimum atomic E-state index is 0.168. The summed E-state index contributed by atoms with van der Waals surface area (Å²) in [5.74, 6) is 0.168. The van der Waals surface area contributed by atoms with Gasteiger partial charge >= 0.3 is 0 Å². The van der Waals surface area contributed by atoms with Crippen molar-refractivity contribution in [3.63, 3.8) is 0 Å². The fourth-order valence-electron chi connectivity index (χ4n) is 3.05. The Morgan fingerprint density at radius 1 is 1.00 bits per heavy atom. The molecule has 0 radical (unpaired) electrons. The summed E-state index contributed by atoms with van der Waals surface area (Å²) in [6.07, 6.45) is 9.97. The Kier molecular flexibility index (Phi) is 5.07. The highest BCUT2D eigenvalue weighted by atomic mass is 16.1. The van der Waals surface area contributed by atoms with E-state index in [0.717, 1.165) is 18.8 Å². The van der Waals surface area contributed by atoms with Crippen molar-refractivity contribution in [1.82, 2.24) is 10.2 Å². The van der Waals surface area contributed by atoms with E-state index in [4.69, 9.17) is 0 Å².